The van der Waals surface area contributed by atoms with E-state index in [4.69, 9.17) is 5.26 Å². The molecule has 0 fully saturated rings. The van der Waals surface area contributed by atoms with E-state index in [1.807, 2.05) is 0 Å². The third-order valence-corrected chi connectivity index (χ3v) is 5.14. The van der Waals surface area contributed by atoms with E-state index < -0.39 is 5.92 Å². The Balaban J connectivity index is 1.48. The molecule has 1 unspecified atom stereocenters. The van der Waals surface area contributed by atoms with Crippen LogP contribution >= 0.6 is 11.3 Å². The zero-order chi connectivity index (χ0) is 21.1. The molecule has 3 N–H and O–H groups in total. The molecule has 1 atom stereocenters. The first-order valence-electron chi connectivity index (χ1n) is 9.04. The highest BCUT2D eigenvalue weighted by atomic mass is 32.1. The summed E-state index contributed by atoms with van der Waals surface area (Å²) in [6, 6.07) is 14.2. The SMILES string of the molecule is CC(C(=O)Nc1nc2ccc(NC(=O)c3cscn3)cc2[nH]1)c1cccc(C#N)c1. The van der Waals surface area contributed by atoms with Crippen molar-refractivity contribution in [2.45, 2.75) is 12.8 Å². The Morgan fingerprint density at radius 2 is 2.07 bits per heavy atom. The fourth-order valence-corrected chi connectivity index (χ4v) is 3.45. The number of amides is 2. The maximum atomic E-state index is 12.6. The smallest absolute Gasteiger partial charge is 0.275 e. The van der Waals surface area contributed by atoms with E-state index in [2.05, 4.69) is 31.7 Å². The van der Waals surface area contributed by atoms with E-state index in [-0.39, 0.29) is 11.8 Å². The minimum absolute atomic E-state index is 0.249. The van der Waals surface area contributed by atoms with Crippen molar-refractivity contribution in [3.05, 3.63) is 70.2 Å². The van der Waals surface area contributed by atoms with Crippen LogP contribution in [0.5, 0.6) is 0 Å². The van der Waals surface area contributed by atoms with Crippen molar-refractivity contribution in [3.63, 3.8) is 0 Å². The highest BCUT2D eigenvalue weighted by molar-refractivity contribution is 7.07. The summed E-state index contributed by atoms with van der Waals surface area (Å²) < 4.78 is 0. The molecule has 0 aliphatic carbocycles. The van der Waals surface area contributed by atoms with Crippen LogP contribution in [0.25, 0.3) is 11.0 Å². The summed E-state index contributed by atoms with van der Waals surface area (Å²) in [5, 5.41) is 16.3. The van der Waals surface area contributed by atoms with E-state index in [0.29, 0.717) is 33.9 Å². The molecule has 0 spiro atoms. The number of imidazole rings is 1. The van der Waals surface area contributed by atoms with Crippen molar-refractivity contribution >= 4 is 45.8 Å². The molecule has 4 rings (SSSR count). The van der Waals surface area contributed by atoms with Crippen molar-refractivity contribution in [1.82, 2.24) is 15.0 Å². The number of hydrogen-bond acceptors (Lipinski definition) is 6. The van der Waals surface area contributed by atoms with Crippen LogP contribution in [0.15, 0.2) is 53.4 Å². The lowest BCUT2D eigenvalue weighted by Gasteiger charge is -2.11. The van der Waals surface area contributed by atoms with Crippen LogP contribution in [0.4, 0.5) is 11.6 Å². The minimum atomic E-state index is -0.459. The lowest BCUT2D eigenvalue weighted by Crippen LogP contribution is -2.19. The molecule has 2 amide bonds. The molecule has 0 saturated heterocycles. The fourth-order valence-electron chi connectivity index (χ4n) is 2.92. The Bertz CT molecular complexity index is 1270. The Morgan fingerprint density at radius 3 is 2.83 bits per heavy atom. The van der Waals surface area contributed by atoms with Gasteiger partial charge in [-0.05, 0) is 42.8 Å². The maximum absolute atomic E-state index is 12.6. The number of nitrogens with zero attached hydrogens (tertiary/aromatic N) is 3. The number of H-pyrrole nitrogens is 1. The van der Waals surface area contributed by atoms with Gasteiger partial charge < -0.3 is 10.3 Å². The molecule has 2 aromatic heterocycles. The Morgan fingerprint density at radius 1 is 1.20 bits per heavy atom. The molecule has 8 nitrogen and oxygen atoms in total. The van der Waals surface area contributed by atoms with Crippen LogP contribution in [0.3, 0.4) is 0 Å². The summed E-state index contributed by atoms with van der Waals surface area (Å²) in [4.78, 5) is 36.2. The second kappa shape index (κ2) is 8.14. The van der Waals surface area contributed by atoms with Gasteiger partial charge in [0.05, 0.1) is 34.1 Å². The molecule has 0 bridgehead atoms. The molecule has 148 valence electrons. The molecular weight excluding hydrogens is 400 g/mol. The molecule has 2 aromatic carbocycles. The number of thiazole rings is 1. The summed E-state index contributed by atoms with van der Waals surface area (Å²) in [6.07, 6.45) is 0. The monoisotopic (exact) mass is 416 g/mol. The zero-order valence-corrected chi connectivity index (χ0v) is 16.7. The van der Waals surface area contributed by atoms with Crippen molar-refractivity contribution in [2.75, 3.05) is 10.6 Å². The first-order valence-corrected chi connectivity index (χ1v) is 9.98. The highest BCUT2D eigenvalue weighted by Crippen LogP contribution is 2.22. The number of nitrogens with one attached hydrogen (secondary N) is 3. The van der Waals surface area contributed by atoms with Crippen molar-refractivity contribution in [3.8, 4) is 6.07 Å². The summed E-state index contributed by atoms with van der Waals surface area (Å²) in [5.74, 6) is -0.695. The van der Waals surface area contributed by atoms with Crippen LogP contribution in [-0.2, 0) is 4.79 Å². The number of aromatic amines is 1. The maximum Gasteiger partial charge on any atom is 0.275 e. The predicted octanol–water partition coefficient (Wildman–Crippen LogP) is 3.89. The summed E-state index contributed by atoms with van der Waals surface area (Å²) >= 11 is 1.35. The number of benzene rings is 2. The quantitative estimate of drug-likeness (QED) is 0.455. The van der Waals surface area contributed by atoms with Gasteiger partial charge in [-0.2, -0.15) is 5.26 Å². The number of aromatic nitrogens is 3. The van der Waals surface area contributed by atoms with Gasteiger partial charge in [0.25, 0.3) is 5.91 Å². The van der Waals surface area contributed by atoms with Gasteiger partial charge in [0.2, 0.25) is 11.9 Å². The first kappa shape index (κ1) is 19.3. The number of anilines is 2. The predicted molar refractivity (Wildman–Crippen MR) is 114 cm³/mol. The van der Waals surface area contributed by atoms with Gasteiger partial charge in [-0.15, -0.1) is 11.3 Å². The molecule has 2 heterocycles. The largest absolute Gasteiger partial charge is 0.324 e. The van der Waals surface area contributed by atoms with Gasteiger partial charge in [0.15, 0.2) is 0 Å². The molecule has 30 heavy (non-hydrogen) atoms. The van der Waals surface area contributed by atoms with Crippen LogP contribution < -0.4 is 10.6 Å². The number of carbonyl (C=O) groups is 2. The van der Waals surface area contributed by atoms with Crippen LogP contribution in [0.1, 0.15) is 34.5 Å². The van der Waals surface area contributed by atoms with Gasteiger partial charge >= 0.3 is 0 Å². The van der Waals surface area contributed by atoms with E-state index >= 15 is 0 Å². The standard InChI is InChI=1S/C21H16N6O2S/c1-12(14-4-2-3-13(7-14)9-22)19(28)27-21-25-16-6-5-15(8-17(16)26-21)24-20(29)18-10-30-11-23-18/h2-8,10-12H,1H3,(H,24,29)(H2,25,26,27,28). The molecule has 0 saturated carbocycles. The molecule has 9 heteroatoms. The third-order valence-electron chi connectivity index (χ3n) is 4.56. The van der Waals surface area contributed by atoms with E-state index in [0.717, 1.165) is 5.56 Å². The summed E-state index contributed by atoms with van der Waals surface area (Å²) in [7, 11) is 0. The van der Waals surface area contributed by atoms with E-state index in [1.54, 1.807) is 60.3 Å². The van der Waals surface area contributed by atoms with E-state index in [1.165, 1.54) is 11.3 Å². The number of fused-ring (bicyclic) bond motifs is 1. The van der Waals surface area contributed by atoms with Gasteiger partial charge in [-0.1, -0.05) is 12.1 Å². The molecule has 0 aliphatic rings. The van der Waals surface area contributed by atoms with Gasteiger partial charge in [-0.3, -0.25) is 14.9 Å². The Kier molecular flexibility index (Phi) is 5.24. The minimum Gasteiger partial charge on any atom is -0.324 e. The van der Waals surface area contributed by atoms with Crippen molar-refractivity contribution in [1.29, 1.82) is 5.26 Å². The average Bonchev–Trinajstić information content (AvgIpc) is 3.42. The van der Waals surface area contributed by atoms with Gasteiger partial charge in [0.1, 0.15) is 5.69 Å². The fraction of sp³-hybridized carbons (Fsp3) is 0.0952. The lowest BCUT2D eigenvalue weighted by atomic mass is 9.98. The Labute approximate surface area is 175 Å². The summed E-state index contributed by atoms with van der Waals surface area (Å²) in [5.41, 5.74) is 5.10. The van der Waals surface area contributed by atoms with Crippen LogP contribution in [0.2, 0.25) is 0 Å². The normalized spacial score (nSPS) is 11.6. The highest BCUT2D eigenvalue weighted by Gasteiger charge is 2.17. The van der Waals surface area contributed by atoms with Gasteiger partial charge in [0, 0.05) is 11.1 Å². The number of carbonyl (C=O) groups excluding carboxylic acids is 2. The first-order chi connectivity index (χ1) is 14.5. The van der Waals surface area contributed by atoms with Crippen molar-refractivity contribution < 1.29 is 9.59 Å². The molecule has 0 radical (unpaired) electrons. The van der Waals surface area contributed by atoms with Gasteiger partial charge in [-0.25, -0.2) is 9.97 Å². The van der Waals surface area contributed by atoms with E-state index in [9.17, 15) is 9.59 Å². The third kappa shape index (κ3) is 4.04. The lowest BCUT2D eigenvalue weighted by molar-refractivity contribution is -0.117. The van der Waals surface area contributed by atoms with Crippen LogP contribution in [0, 0.1) is 11.3 Å². The molecule has 0 aliphatic heterocycles. The number of rotatable bonds is 5. The second-order valence-corrected chi connectivity index (χ2v) is 7.31. The summed E-state index contributed by atoms with van der Waals surface area (Å²) in [6.45, 7) is 1.76. The number of hydrogen-bond donors (Lipinski definition) is 3. The number of nitriles is 1. The second-order valence-electron chi connectivity index (χ2n) is 6.59. The molecule has 4 aromatic rings. The topological polar surface area (TPSA) is 124 Å². The van der Waals surface area contributed by atoms with Crippen LogP contribution in [-0.4, -0.2) is 26.8 Å². The van der Waals surface area contributed by atoms with Crippen molar-refractivity contribution in [2.24, 2.45) is 0 Å². The molecular formula is C21H16N6O2S. The zero-order valence-electron chi connectivity index (χ0n) is 15.8. The average molecular weight is 416 g/mol. The Hall–Kier alpha value is -4.03.